The second-order valence-electron chi connectivity index (χ2n) is 2.45. The van der Waals surface area contributed by atoms with Crippen LogP contribution in [0.1, 0.15) is 33.6 Å². The zero-order valence-corrected chi connectivity index (χ0v) is 7.18. The highest BCUT2D eigenvalue weighted by molar-refractivity contribution is 5.58. The first-order chi connectivity index (χ1) is 5.07. The SMILES string of the molecule is CCCC(C)=C(C)OC(=O)O. The Morgan fingerprint density at radius 3 is 2.36 bits per heavy atom. The van der Waals surface area contributed by atoms with E-state index >= 15 is 0 Å². The van der Waals surface area contributed by atoms with E-state index in [2.05, 4.69) is 4.74 Å². The largest absolute Gasteiger partial charge is 0.511 e. The van der Waals surface area contributed by atoms with Gasteiger partial charge in [0.05, 0.1) is 0 Å². The standard InChI is InChI=1S/C8H14O3/c1-4-5-6(2)7(3)11-8(9)10/h4-5H2,1-3H3,(H,9,10). The molecule has 0 aliphatic carbocycles. The van der Waals surface area contributed by atoms with Crippen LogP contribution in [0.25, 0.3) is 0 Å². The minimum atomic E-state index is -1.24. The van der Waals surface area contributed by atoms with Crippen molar-refractivity contribution in [2.45, 2.75) is 33.6 Å². The Balaban J connectivity index is 4.04. The van der Waals surface area contributed by atoms with Gasteiger partial charge in [0.1, 0.15) is 5.76 Å². The van der Waals surface area contributed by atoms with Crippen molar-refractivity contribution >= 4 is 6.16 Å². The zero-order valence-electron chi connectivity index (χ0n) is 7.18. The molecule has 0 heterocycles. The van der Waals surface area contributed by atoms with Crippen LogP contribution in [-0.4, -0.2) is 11.3 Å². The lowest BCUT2D eigenvalue weighted by Gasteiger charge is -2.03. The van der Waals surface area contributed by atoms with E-state index in [1.807, 2.05) is 13.8 Å². The monoisotopic (exact) mass is 158 g/mol. The highest BCUT2D eigenvalue weighted by Crippen LogP contribution is 2.10. The van der Waals surface area contributed by atoms with Crippen molar-refractivity contribution < 1.29 is 14.6 Å². The second-order valence-corrected chi connectivity index (χ2v) is 2.45. The molecule has 0 saturated heterocycles. The molecule has 0 amide bonds. The summed E-state index contributed by atoms with van der Waals surface area (Å²) in [5.41, 5.74) is 0.995. The van der Waals surface area contributed by atoms with E-state index in [0.717, 1.165) is 18.4 Å². The maximum absolute atomic E-state index is 10.1. The van der Waals surface area contributed by atoms with Crippen LogP contribution < -0.4 is 0 Å². The van der Waals surface area contributed by atoms with Gasteiger partial charge in [-0.05, 0) is 25.8 Å². The van der Waals surface area contributed by atoms with E-state index < -0.39 is 6.16 Å². The molecule has 64 valence electrons. The first-order valence-electron chi connectivity index (χ1n) is 3.65. The highest BCUT2D eigenvalue weighted by atomic mass is 16.7. The molecule has 0 aromatic carbocycles. The average molecular weight is 158 g/mol. The van der Waals surface area contributed by atoms with Gasteiger partial charge in [-0.15, -0.1) is 0 Å². The summed E-state index contributed by atoms with van der Waals surface area (Å²) < 4.78 is 4.46. The van der Waals surface area contributed by atoms with E-state index in [-0.39, 0.29) is 0 Å². The number of allylic oxidation sites excluding steroid dienone is 2. The van der Waals surface area contributed by atoms with Gasteiger partial charge in [-0.2, -0.15) is 0 Å². The Morgan fingerprint density at radius 2 is 2.00 bits per heavy atom. The minimum Gasteiger partial charge on any atom is -0.449 e. The molecule has 0 aromatic heterocycles. The summed E-state index contributed by atoms with van der Waals surface area (Å²) in [5.74, 6) is 0.499. The zero-order chi connectivity index (χ0) is 8.85. The lowest BCUT2D eigenvalue weighted by atomic mass is 10.1. The molecule has 0 spiro atoms. The molecule has 0 bridgehead atoms. The summed E-state index contributed by atoms with van der Waals surface area (Å²) >= 11 is 0. The van der Waals surface area contributed by atoms with E-state index in [1.165, 1.54) is 0 Å². The van der Waals surface area contributed by atoms with Crippen molar-refractivity contribution in [3.63, 3.8) is 0 Å². The summed E-state index contributed by atoms with van der Waals surface area (Å²) in [6, 6.07) is 0. The lowest BCUT2D eigenvalue weighted by molar-refractivity contribution is 0.118. The predicted molar refractivity (Wildman–Crippen MR) is 42.4 cm³/mol. The summed E-state index contributed by atoms with van der Waals surface area (Å²) in [5, 5.41) is 8.24. The summed E-state index contributed by atoms with van der Waals surface area (Å²) in [6.45, 7) is 5.58. The average Bonchev–Trinajstić information content (AvgIpc) is 1.86. The predicted octanol–water partition coefficient (Wildman–Crippen LogP) is 2.78. The number of rotatable bonds is 3. The van der Waals surface area contributed by atoms with E-state index in [9.17, 15) is 4.79 Å². The van der Waals surface area contributed by atoms with Crippen molar-refractivity contribution in [3.05, 3.63) is 11.3 Å². The second kappa shape index (κ2) is 4.77. The molecule has 0 aromatic rings. The summed E-state index contributed by atoms with van der Waals surface area (Å²) in [6.07, 6.45) is 0.656. The molecule has 3 nitrogen and oxygen atoms in total. The fraction of sp³-hybridized carbons (Fsp3) is 0.625. The minimum absolute atomic E-state index is 0.499. The molecule has 11 heavy (non-hydrogen) atoms. The van der Waals surface area contributed by atoms with Crippen LogP contribution in [0.5, 0.6) is 0 Å². The van der Waals surface area contributed by atoms with E-state index in [4.69, 9.17) is 5.11 Å². The van der Waals surface area contributed by atoms with Crippen LogP contribution >= 0.6 is 0 Å². The Kier molecular flexibility index (Phi) is 4.34. The maximum atomic E-state index is 10.1. The molecule has 3 heteroatoms. The molecule has 0 atom stereocenters. The van der Waals surface area contributed by atoms with Gasteiger partial charge in [0.15, 0.2) is 0 Å². The topological polar surface area (TPSA) is 46.5 Å². The van der Waals surface area contributed by atoms with Crippen molar-refractivity contribution in [1.29, 1.82) is 0 Å². The maximum Gasteiger partial charge on any atom is 0.511 e. The van der Waals surface area contributed by atoms with E-state index in [1.54, 1.807) is 6.92 Å². The number of hydrogen-bond acceptors (Lipinski definition) is 2. The van der Waals surface area contributed by atoms with Crippen LogP contribution in [0.15, 0.2) is 11.3 Å². The molecule has 0 saturated carbocycles. The first kappa shape index (κ1) is 10.0. The van der Waals surface area contributed by atoms with Crippen LogP contribution in [-0.2, 0) is 4.74 Å². The van der Waals surface area contributed by atoms with Crippen LogP contribution in [0.3, 0.4) is 0 Å². The van der Waals surface area contributed by atoms with Crippen LogP contribution in [0.2, 0.25) is 0 Å². The van der Waals surface area contributed by atoms with E-state index in [0.29, 0.717) is 5.76 Å². The number of carbonyl (C=O) groups is 1. The summed E-state index contributed by atoms with van der Waals surface area (Å²) in [4.78, 5) is 10.1. The summed E-state index contributed by atoms with van der Waals surface area (Å²) in [7, 11) is 0. The quantitative estimate of drug-likeness (QED) is 0.507. The van der Waals surface area contributed by atoms with Gasteiger partial charge in [0.2, 0.25) is 0 Å². The molecule has 0 fully saturated rings. The highest BCUT2D eigenvalue weighted by Gasteiger charge is 2.01. The Bertz CT molecular complexity index is 170. The molecule has 0 aliphatic heterocycles. The lowest BCUT2D eigenvalue weighted by Crippen LogP contribution is -1.99. The van der Waals surface area contributed by atoms with Gasteiger partial charge in [-0.25, -0.2) is 4.79 Å². The fourth-order valence-corrected chi connectivity index (χ4v) is 0.769. The molecular weight excluding hydrogens is 144 g/mol. The molecule has 0 rings (SSSR count). The smallest absolute Gasteiger partial charge is 0.449 e. The van der Waals surface area contributed by atoms with Crippen molar-refractivity contribution in [2.24, 2.45) is 0 Å². The first-order valence-corrected chi connectivity index (χ1v) is 3.65. The normalized spacial score (nSPS) is 12.3. The number of ether oxygens (including phenoxy) is 1. The Labute approximate surface area is 66.7 Å². The van der Waals surface area contributed by atoms with Gasteiger partial charge in [0.25, 0.3) is 0 Å². The molecule has 1 N–H and O–H groups in total. The third-order valence-electron chi connectivity index (χ3n) is 1.47. The van der Waals surface area contributed by atoms with Gasteiger partial charge in [-0.1, -0.05) is 13.3 Å². The molecule has 0 unspecified atom stereocenters. The van der Waals surface area contributed by atoms with Gasteiger partial charge < -0.3 is 9.84 Å². The number of hydrogen-bond donors (Lipinski definition) is 1. The number of carboxylic acid groups (broad SMARTS) is 1. The fourth-order valence-electron chi connectivity index (χ4n) is 0.769. The molecular formula is C8H14O3. The van der Waals surface area contributed by atoms with Crippen molar-refractivity contribution in [1.82, 2.24) is 0 Å². The van der Waals surface area contributed by atoms with Crippen molar-refractivity contribution in [3.8, 4) is 0 Å². The van der Waals surface area contributed by atoms with Gasteiger partial charge in [-0.3, -0.25) is 0 Å². The Morgan fingerprint density at radius 1 is 1.45 bits per heavy atom. The van der Waals surface area contributed by atoms with Crippen molar-refractivity contribution in [2.75, 3.05) is 0 Å². The van der Waals surface area contributed by atoms with Crippen LogP contribution in [0, 0.1) is 0 Å². The van der Waals surface area contributed by atoms with Gasteiger partial charge >= 0.3 is 6.16 Å². The van der Waals surface area contributed by atoms with Crippen LogP contribution in [0.4, 0.5) is 4.79 Å². The third kappa shape index (κ3) is 4.42. The van der Waals surface area contributed by atoms with Gasteiger partial charge in [0, 0.05) is 0 Å². The third-order valence-corrected chi connectivity index (χ3v) is 1.47. The molecule has 0 aliphatic rings. The molecule has 0 radical (unpaired) electrons. The Hall–Kier alpha value is -0.990.